The van der Waals surface area contributed by atoms with Gasteiger partial charge in [0.15, 0.2) is 5.43 Å². The van der Waals surface area contributed by atoms with Crippen molar-refractivity contribution in [3.8, 4) is 0 Å². The molecule has 0 bridgehead atoms. The summed E-state index contributed by atoms with van der Waals surface area (Å²) in [6.45, 7) is 1.51. The van der Waals surface area contributed by atoms with E-state index in [2.05, 4.69) is 0 Å². The minimum absolute atomic E-state index is 0.0418. The highest BCUT2D eigenvalue weighted by molar-refractivity contribution is 5.77. The van der Waals surface area contributed by atoms with Crippen LogP contribution in [0.1, 0.15) is 11.3 Å². The Bertz CT molecular complexity index is 596. The molecule has 0 aliphatic heterocycles. The van der Waals surface area contributed by atoms with Crippen molar-refractivity contribution in [1.29, 1.82) is 0 Å². The van der Waals surface area contributed by atoms with E-state index < -0.39 is 11.7 Å². The van der Waals surface area contributed by atoms with Crippen LogP contribution in [0.4, 0.5) is 13.2 Å². The molecule has 5 heteroatoms. The first-order valence-electron chi connectivity index (χ1n) is 4.49. The van der Waals surface area contributed by atoms with Gasteiger partial charge in [0.1, 0.15) is 11.3 Å². The zero-order chi connectivity index (χ0) is 11.9. The molecule has 84 valence electrons. The lowest BCUT2D eigenvalue weighted by Crippen LogP contribution is -2.06. The van der Waals surface area contributed by atoms with Crippen LogP contribution in [-0.4, -0.2) is 0 Å². The van der Waals surface area contributed by atoms with E-state index in [9.17, 15) is 18.0 Å². The first kappa shape index (κ1) is 10.7. The monoisotopic (exact) mass is 228 g/mol. The molecule has 0 aliphatic carbocycles. The molecule has 16 heavy (non-hydrogen) atoms. The second-order valence-electron chi connectivity index (χ2n) is 3.43. The molecule has 0 saturated heterocycles. The molecule has 0 unspecified atom stereocenters. The van der Waals surface area contributed by atoms with Crippen molar-refractivity contribution in [2.75, 3.05) is 0 Å². The smallest absolute Gasteiger partial charge is 0.416 e. The van der Waals surface area contributed by atoms with Crippen LogP contribution in [0.2, 0.25) is 0 Å². The molecule has 2 nitrogen and oxygen atoms in total. The number of hydrogen-bond donors (Lipinski definition) is 0. The lowest BCUT2D eigenvalue weighted by molar-refractivity contribution is -0.137. The SMILES string of the molecule is Cc1cc(=O)c2ccc(C(F)(F)F)cc2o1. The summed E-state index contributed by atoms with van der Waals surface area (Å²) in [7, 11) is 0. The van der Waals surface area contributed by atoms with Gasteiger partial charge in [-0.15, -0.1) is 0 Å². The largest absolute Gasteiger partial charge is 0.461 e. The average molecular weight is 228 g/mol. The number of fused-ring (bicyclic) bond motifs is 1. The van der Waals surface area contributed by atoms with Gasteiger partial charge in [-0.1, -0.05) is 0 Å². The maximum Gasteiger partial charge on any atom is 0.416 e. The van der Waals surface area contributed by atoms with E-state index in [-0.39, 0.29) is 22.2 Å². The molecule has 2 aromatic rings. The first-order chi connectivity index (χ1) is 7.38. The molecule has 0 saturated carbocycles. The number of benzene rings is 1. The summed E-state index contributed by atoms with van der Waals surface area (Å²) in [5, 5.41) is 0.151. The summed E-state index contributed by atoms with van der Waals surface area (Å²) in [4.78, 5) is 11.4. The molecular weight excluding hydrogens is 221 g/mol. The Labute approximate surface area is 88.3 Å². The molecule has 1 heterocycles. The normalized spacial score (nSPS) is 12.0. The Morgan fingerprint density at radius 2 is 1.88 bits per heavy atom. The van der Waals surface area contributed by atoms with Crippen molar-refractivity contribution < 1.29 is 17.6 Å². The van der Waals surface area contributed by atoms with Crippen molar-refractivity contribution in [2.45, 2.75) is 13.1 Å². The van der Waals surface area contributed by atoms with E-state index in [1.165, 1.54) is 13.0 Å². The summed E-state index contributed by atoms with van der Waals surface area (Å²) < 4.78 is 42.3. The van der Waals surface area contributed by atoms with Crippen molar-refractivity contribution in [1.82, 2.24) is 0 Å². The predicted octanol–water partition coefficient (Wildman–Crippen LogP) is 3.12. The van der Waals surface area contributed by atoms with Gasteiger partial charge < -0.3 is 4.42 Å². The number of hydrogen-bond acceptors (Lipinski definition) is 2. The molecule has 0 aliphatic rings. The number of halogens is 3. The van der Waals surface area contributed by atoms with Crippen LogP contribution in [0.3, 0.4) is 0 Å². The van der Waals surface area contributed by atoms with Gasteiger partial charge in [-0.2, -0.15) is 13.2 Å². The lowest BCUT2D eigenvalue weighted by Gasteiger charge is -2.06. The van der Waals surface area contributed by atoms with Gasteiger partial charge in [0, 0.05) is 6.07 Å². The Hall–Kier alpha value is -1.78. The fraction of sp³-hybridized carbons (Fsp3) is 0.182. The van der Waals surface area contributed by atoms with Gasteiger partial charge in [-0.25, -0.2) is 0 Å². The van der Waals surface area contributed by atoms with Crippen LogP contribution in [0, 0.1) is 6.92 Å². The molecule has 0 radical (unpaired) electrons. The third kappa shape index (κ3) is 1.80. The zero-order valence-electron chi connectivity index (χ0n) is 8.26. The zero-order valence-corrected chi connectivity index (χ0v) is 8.26. The maximum absolute atomic E-state index is 12.4. The van der Waals surface area contributed by atoms with Crippen LogP contribution >= 0.6 is 0 Å². The van der Waals surface area contributed by atoms with Crippen LogP contribution in [-0.2, 0) is 6.18 Å². The standard InChI is InChI=1S/C11H7F3O2/c1-6-4-9(15)8-3-2-7(11(12,13)14)5-10(8)16-6/h2-5H,1H3. The Balaban J connectivity index is 2.76. The topological polar surface area (TPSA) is 30.2 Å². The third-order valence-corrected chi connectivity index (χ3v) is 2.18. The number of alkyl halides is 3. The van der Waals surface area contributed by atoms with Crippen molar-refractivity contribution in [3.05, 3.63) is 45.8 Å². The average Bonchev–Trinajstić information content (AvgIpc) is 2.15. The molecule has 1 aromatic carbocycles. The van der Waals surface area contributed by atoms with E-state index in [4.69, 9.17) is 4.42 Å². The van der Waals surface area contributed by atoms with E-state index in [0.29, 0.717) is 0 Å². The van der Waals surface area contributed by atoms with Gasteiger partial charge in [0.25, 0.3) is 0 Å². The van der Waals surface area contributed by atoms with Crippen molar-refractivity contribution in [3.63, 3.8) is 0 Å². The Morgan fingerprint density at radius 3 is 2.50 bits per heavy atom. The lowest BCUT2D eigenvalue weighted by atomic mass is 10.1. The number of rotatable bonds is 0. The minimum Gasteiger partial charge on any atom is -0.461 e. The molecule has 0 atom stereocenters. The van der Waals surface area contributed by atoms with Crippen molar-refractivity contribution >= 4 is 11.0 Å². The first-order valence-corrected chi connectivity index (χ1v) is 4.49. The van der Waals surface area contributed by atoms with Crippen LogP contribution in [0.5, 0.6) is 0 Å². The Morgan fingerprint density at radius 1 is 1.19 bits per heavy atom. The molecular formula is C11H7F3O2. The molecule has 2 rings (SSSR count). The van der Waals surface area contributed by atoms with E-state index in [1.807, 2.05) is 0 Å². The van der Waals surface area contributed by atoms with E-state index >= 15 is 0 Å². The summed E-state index contributed by atoms with van der Waals surface area (Å²) in [5.74, 6) is 0.289. The summed E-state index contributed by atoms with van der Waals surface area (Å²) >= 11 is 0. The second-order valence-corrected chi connectivity index (χ2v) is 3.43. The van der Waals surface area contributed by atoms with Crippen molar-refractivity contribution in [2.24, 2.45) is 0 Å². The van der Waals surface area contributed by atoms with Gasteiger partial charge in [-0.05, 0) is 25.1 Å². The Kier molecular flexibility index (Phi) is 2.26. The number of aryl methyl sites for hydroxylation is 1. The second kappa shape index (κ2) is 3.37. The van der Waals surface area contributed by atoms with Gasteiger partial charge in [0.05, 0.1) is 10.9 Å². The van der Waals surface area contributed by atoms with E-state index in [1.54, 1.807) is 0 Å². The fourth-order valence-corrected chi connectivity index (χ4v) is 1.45. The van der Waals surface area contributed by atoms with Crippen LogP contribution in [0.15, 0.2) is 33.5 Å². The highest BCUT2D eigenvalue weighted by Crippen LogP contribution is 2.30. The van der Waals surface area contributed by atoms with E-state index in [0.717, 1.165) is 18.2 Å². The maximum atomic E-state index is 12.4. The summed E-state index contributed by atoms with van der Waals surface area (Å²) in [5.41, 5.74) is -1.21. The highest BCUT2D eigenvalue weighted by Gasteiger charge is 2.30. The fourth-order valence-electron chi connectivity index (χ4n) is 1.45. The molecule has 0 fully saturated rings. The molecule has 0 amide bonds. The van der Waals surface area contributed by atoms with Crippen LogP contribution in [0.25, 0.3) is 11.0 Å². The molecule has 0 N–H and O–H groups in total. The summed E-state index contributed by atoms with van der Waals surface area (Å²) in [6, 6.07) is 4.08. The molecule has 0 spiro atoms. The van der Waals surface area contributed by atoms with Gasteiger partial charge >= 0.3 is 6.18 Å². The van der Waals surface area contributed by atoms with Crippen LogP contribution < -0.4 is 5.43 Å². The molecule has 1 aromatic heterocycles. The third-order valence-electron chi connectivity index (χ3n) is 2.18. The van der Waals surface area contributed by atoms with Gasteiger partial charge in [-0.3, -0.25) is 4.79 Å². The predicted molar refractivity (Wildman–Crippen MR) is 52.2 cm³/mol. The highest BCUT2D eigenvalue weighted by atomic mass is 19.4. The minimum atomic E-state index is -4.43. The van der Waals surface area contributed by atoms with Gasteiger partial charge in [0.2, 0.25) is 0 Å². The quantitative estimate of drug-likeness (QED) is 0.693. The summed E-state index contributed by atoms with van der Waals surface area (Å²) in [6.07, 6.45) is -4.43.